The first-order valence-electron chi connectivity index (χ1n) is 2.88. The van der Waals surface area contributed by atoms with Crippen molar-refractivity contribution in [1.82, 2.24) is 4.98 Å². The van der Waals surface area contributed by atoms with Gasteiger partial charge in [0.15, 0.2) is 0 Å². The monoisotopic (exact) mass is 301 g/mol. The van der Waals surface area contributed by atoms with Gasteiger partial charge < -0.3 is 4.98 Å². The van der Waals surface area contributed by atoms with Gasteiger partial charge in [0.1, 0.15) is 5.69 Å². The highest BCUT2D eigenvalue weighted by Gasteiger charge is 2.15. The third kappa shape index (κ3) is 1.74. The van der Waals surface area contributed by atoms with Gasteiger partial charge in [-0.3, -0.25) is 4.79 Å². The van der Waals surface area contributed by atoms with E-state index in [-0.39, 0.29) is 8.95 Å². The molecule has 0 aliphatic carbocycles. The number of aromatic nitrogens is 1. The van der Waals surface area contributed by atoms with E-state index in [2.05, 4.69) is 36.8 Å². The summed E-state index contributed by atoms with van der Waals surface area (Å²) in [6.07, 6.45) is -1.49. The fraction of sp³-hybridized carbons (Fsp3) is 0.167. The summed E-state index contributed by atoms with van der Waals surface area (Å²) in [5.41, 5.74) is -0.882. The Labute approximate surface area is 83.2 Å². The minimum atomic E-state index is -2.68. The number of aromatic amines is 1. The van der Waals surface area contributed by atoms with Crippen molar-refractivity contribution in [3.05, 3.63) is 31.1 Å². The smallest absolute Gasteiger partial charge is 0.279 e. The van der Waals surface area contributed by atoms with Gasteiger partial charge in [-0.2, -0.15) is 0 Å². The van der Waals surface area contributed by atoms with Gasteiger partial charge in [-0.1, -0.05) is 0 Å². The summed E-state index contributed by atoms with van der Waals surface area (Å²) in [5.74, 6) is 0. The van der Waals surface area contributed by atoms with E-state index in [1.54, 1.807) is 0 Å². The van der Waals surface area contributed by atoms with Crippen LogP contribution in [0.3, 0.4) is 0 Å². The van der Waals surface area contributed by atoms with Crippen molar-refractivity contribution in [3.63, 3.8) is 0 Å². The van der Waals surface area contributed by atoms with Gasteiger partial charge in [0, 0.05) is 6.20 Å². The van der Waals surface area contributed by atoms with Crippen molar-refractivity contribution >= 4 is 31.9 Å². The molecule has 0 radical (unpaired) electrons. The molecule has 0 spiro atoms. The molecule has 66 valence electrons. The average molecular weight is 303 g/mol. The molecule has 0 unspecified atom stereocenters. The number of alkyl halides is 2. The minimum absolute atomic E-state index is 0.133. The van der Waals surface area contributed by atoms with Crippen LogP contribution in [0.4, 0.5) is 8.78 Å². The maximum Gasteiger partial charge on any atom is 0.279 e. The molecule has 1 aromatic heterocycles. The van der Waals surface area contributed by atoms with E-state index in [0.717, 1.165) is 0 Å². The highest BCUT2D eigenvalue weighted by Crippen LogP contribution is 2.23. The predicted octanol–water partition coefficient (Wildman–Crippen LogP) is 2.84. The van der Waals surface area contributed by atoms with Crippen LogP contribution in [-0.4, -0.2) is 4.98 Å². The van der Waals surface area contributed by atoms with Crippen LogP contribution in [0.15, 0.2) is 19.9 Å². The number of nitrogens with one attached hydrogen (secondary N) is 1. The third-order valence-corrected chi connectivity index (χ3v) is 2.60. The highest BCUT2D eigenvalue weighted by atomic mass is 79.9. The molecule has 0 saturated carbocycles. The van der Waals surface area contributed by atoms with Gasteiger partial charge in [0.2, 0.25) is 5.43 Å². The Morgan fingerprint density at radius 1 is 1.42 bits per heavy atom. The SMILES string of the molecule is O=c1c(Br)c[nH]c(C(F)F)c1Br. The van der Waals surface area contributed by atoms with Crippen molar-refractivity contribution in [2.75, 3.05) is 0 Å². The number of halogens is 4. The lowest BCUT2D eigenvalue weighted by Gasteiger charge is -2.01. The Bertz CT molecular complexity index is 350. The molecular weight excluding hydrogens is 300 g/mol. The van der Waals surface area contributed by atoms with Gasteiger partial charge in [-0.25, -0.2) is 8.78 Å². The Hall–Kier alpha value is -0.230. The van der Waals surface area contributed by atoms with E-state index in [1.807, 2.05) is 0 Å². The Kier molecular flexibility index (Phi) is 3.00. The van der Waals surface area contributed by atoms with E-state index < -0.39 is 17.5 Å². The van der Waals surface area contributed by atoms with Crippen LogP contribution in [0, 0.1) is 0 Å². The molecule has 0 aliphatic rings. The summed E-state index contributed by atoms with van der Waals surface area (Å²) in [4.78, 5) is 13.3. The Morgan fingerprint density at radius 3 is 2.50 bits per heavy atom. The van der Waals surface area contributed by atoms with Crippen LogP contribution in [0.1, 0.15) is 12.1 Å². The Morgan fingerprint density at radius 2 is 2.00 bits per heavy atom. The fourth-order valence-corrected chi connectivity index (χ4v) is 1.74. The molecule has 1 heterocycles. The summed E-state index contributed by atoms with van der Waals surface area (Å²) in [5, 5.41) is 0. The number of rotatable bonds is 1. The van der Waals surface area contributed by atoms with Crippen molar-refractivity contribution in [2.24, 2.45) is 0 Å². The quantitative estimate of drug-likeness (QED) is 0.850. The molecule has 2 nitrogen and oxygen atoms in total. The van der Waals surface area contributed by atoms with Crippen LogP contribution in [0.5, 0.6) is 0 Å². The summed E-state index contributed by atoms with van der Waals surface area (Å²) in [7, 11) is 0. The first kappa shape index (κ1) is 9.85. The second-order valence-corrected chi connectivity index (χ2v) is 3.64. The number of hydrogen-bond acceptors (Lipinski definition) is 1. The molecule has 0 bridgehead atoms. The minimum Gasteiger partial charge on any atom is -0.358 e. The lowest BCUT2D eigenvalue weighted by atomic mass is 10.3. The van der Waals surface area contributed by atoms with Gasteiger partial charge in [0.05, 0.1) is 8.95 Å². The van der Waals surface area contributed by atoms with Crippen LogP contribution in [0.25, 0.3) is 0 Å². The maximum absolute atomic E-state index is 12.1. The normalized spacial score (nSPS) is 10.8. The predicted molar refractivity (Wildman–Crippen MR) is 47.4 cm³/mol. The van der Waals surface area contributed by atoms with Crippen molar-refractivity contribution in [3.8, 4) is 0 Å². The van der Waals surface area contributed by atoms with Gasteiger partial charge in [0.25, 0.3) is 6.43 Å². The molecule has 0 aliphatic heterocycles. The molecule has 1 N–H and O–H groups in total. The number of pyridine rings is 1. The molecule has 12 heavy (non-hydrogen) atoms. The second-order valence-electron chi connectivity index (χ2n) is 1.99. The summed E-state index contributed by atoms with van der Waals surface area (Å²) >= 11 is 5.69. The van der Waals surface area contributed by atoms with Gasteiger partial charge >= 0.3 is 0 Å². The van der Waals surface area contributed by atoms with Gasteiger partial charge in [-0.05, 0) is 31.9 Å². The first-order valence-corrected chi connectivity index (χ1v) is 4.47. The van der Waals surface area contributed by atoms with Crippen LogP contribution in [-0.2, 0) is 0 Å². The molecular formula is C6H3Br2F2NO. The Balaban J connectivity index is 3.37. The zero-order valence-electron chi connectivity index (χ0n) is 5.57. The maximum atomic E-state index is 12.1. The van der Waals surface area contributed by atoms with Crippen LogP contribution >= 0.6 is 31.9 Å². The molecule has 6 heteroatoms. The van der Waals surface area contributed by atoms with Crippen LogP contribution < -0.4 is 5.43 Å². The molecule has 0 aromatic carbocycles. The number of hydrogen-bond donors (Lipinski definition) is 1. The first-order chi connectivity index (χ1) is 5.54. The summed E-state index contributed by atoms with van der Waals surface area (Å²) in [6.45, 7) is 0. The van der Waals surface area contributed by atoms with Crippen molar-refractivity contribution < 1.29 is 8.78 Å². The molecule has 1 aromatic rings. The molecule has 1 rings (SSSR count). The lowest BCUT2D eigenvalue weighted by molar-refractivity contribution is 0.145. The van der Waals surface area contributed by atoms with E-state index in [9.17, 15) is 13.6 Å². The van der Waals surface area contributed by atoms with E-state index in [4.69, 9.17) is 0 Å². The molecule has 0 atom stereocenters. The van der Waals surface area contributed by atoms with Crippen molar-refractivity contribution in [2.45, 2.75) is 6.43 Å². The largest absolute Gasteiger partial charge is 0.358 e. The zero-order valence-corrected chi connectivity index (χ0v) is 8.75. The van der Waals surface area contributed by atoms with E-state index >= 15 is 0 Å². The molecule has 0 fully saturated rings. The summed E-state index contributed by atoms with van der Waals surface area (Å²) < 4.78 is 24.3. The standard InChI is InChI=1S/C6H3Br2F2NO/c7-2-1-11-4(6(9)10)3(8)5(2)12/h1,6H,(H,11,12). The average Bonchev–Trinajstić information content (AvgIpc) is 2.00. The van der Waals surface area contributed by atoms with Crippen LogP contribution in [0.2, 0.25) is 0 Å². The number of H-pyrrole nitrogens is 1. The van der Waals surface area contributed by atoms with E-state index in [0.29, 0.717) is 0 Å². The van der Waals surface area contributed by atoms with Gasteiger partial charge in [-0.15, -0.1) is 0 Å². The molecule has 0 saturated heterocycles. The fourth-order valence-electron chi connectivity index (χ4n) is 0.656. The zero-order chi connectivity index (χ0) is 9.30. The second kappa shape index (κ2) is 3.66. The summed E-state index contributed by atoms with van der Waals surface area (Å²) in [6, 6.07) is 0. The highest BCUT2D eigenvalue weighted by molar-refractivity contribution is 9.11. The lowest BCUT2D eigenvalue weighted by Crippen LogP contribution is -2.08. The third-order valence-electron chi connectivity index (χ3n) is 1.23. The van der Waals surface area contributed by atoms with Crippen molar-refractivity contribution in [1.29, 1.82) is 0 Å². The topological polar surface area (TPSA) is 32.9 Å². The van der Waals surface area contributed by atoms with E-state index in [1.165, 1.54) is 6.20 Å². The molecule has 0 amide bonds.